The third kappa shape index (κ3) is 3.47. The average molecular weight is 396 g/mol. The molecule has 0 radical (unpaired) electrons. The molecule has 7 heteroatoms. The fourth-order valence-corrected chi connectivity index (χ4v) is 3.13. The standard InChI is InChI=1S/C22H20O7/c1-11(2)10-29-17-7-12(22(25)28-5)6-14-19(17)21(24)15-8-13(26-3)9-16(27-4)18(15)20(14)23/h6-9H,1,10H2,2-5H3. The minimum atomic E-state index is -0.652. The van der Waals surface area contributed by atoms with Crippen molar-refractivity contribution < 1.29 is 33.3 Å². The molecule has 1 aliphatic carbocycles. The lowest BCUT2D eigenvalue weighted by Gasteiger charge is -2.23. The first-order chi connectivity index (χ1) is 13.8. The van der Waals surface area contributed by atoms with E-state index in [1.165, 1.54) is 45.6 Å². The van der Waals surface area contributed by atoms with Crippen LogP contribution in [0.4, 0.5) is 0 Å². The summed E-state index contributed by atoms with van der Waals surface area (Å²) in [5.74, 6) is -0.852. The van der Waals surface area contributed by atoms with E-state index in [1.807, 2.05) is 0 Å². The van der Waals surface area contributed by atoms with Gasteiger partial charge in [0.1, 0.15) is 23.9 Å². The van der Waals surface area contributed by atoms with E-state index in [0.29, 0.717) is 11.3 Å². The van der Waals surface area contributed by atoms with Crippen LogP contribution in [-0.4, -0.2) is 45.5 Å². The number of hydrogen-bond acceptors (Lipinski definition) is 7. The number of rotatable bonds is 6. The van der Waals surface area contributed by atoms with Crippen LogP contribution in [-0.2, 0) is 4.74 Å². The van der Waals surface area contributed by atoms with Crippen molar-refractivity contribution in [1.29, 1.82) is 0 Å². The molecule has 0 fully saturated rings. The molecule has 29 heavy (non-hydrogen) atoms. The summed E-state index contributed by atoms with van der Waals surface area (Å²) in [6, 6.07) is 5.73. The third-order valence-electron chi connectivity index (χ3n) is 4.47. The molecule has 2 aromatic rings. The predicted molar refractivity (Wildman–Crippen MR) is 105 cm³/mol. The van der Waals surface area contributed by atoms with E-state index in [2.05, 4.69) is 6.58 Å². The zero-order valence-corrected chi connectivity index (χ0v) is 16.6. The molecule has 0 spiro atoms. The summed E-state index contributed by atoms with van der Waals surface area (Å²) in [6.45, 7) is 5.65. The van der Waals surface area contributed by atoms with E-state index >= 15 is 0 Å². The van der Waals surface area contributed by atoms with E-state index in [9.17, 15) is 14.4 Å². The summed E-state index contributed by atoms with van der Waals surface area (Å²) in [5.41, 5.74) is 1.18. The highest BCUT2D eigenvalue weighted by atomic mass is 16.5. The summed E-state index contributed by atoms with van der Waals surface area (Å²) in [5, 5.41) is 0. The Kier molecular flexibility index (Phi) is 5.41. The summed E-state index contributed by atoms with van der Waals surface area (Å²) >= 11 is 0. The fraction of sp³-hybridized carbons (Fsp3) is 0.227. The molecule has 0 N–H and O–H groups in total. The van der Waals surface area contributed by atoms with Crippen LogP contribution in [0.2, 0.25) is 0 Å². The Hall–Kier alpha value is -3.61. The van der Waals surface area contributed by atoms with E-state index in [4.69, 9.17) is 18.9 Å². The Morgan fingerprint density at radius 2 is 1.52 bits per heavy atom. The summed E-state index contributed by atoms with van der Waals surface area (Å²) in [6.07, 6.45) is 0. The molecule has 0 heterocycles. The van der Waals surface area contributed by atoms with E-state index < -0.39 is 17.5 Å². The van der Waals surface area contributed by atoms with Gasteiger partial charge in [-0.3, -0.25) is 9.59 Å². The van der Waals surface area contributed by atoms with Crippen molar-refractivity contribution in [2.45, 2.75) is 6.92 Å². The Morgan fingerprint density at radius 1 is 0.897 bits per heavy atom. The molecule has 0 unspecified atom stereocenters. The quantitative estimate of drug-likeness (QED) is 0.467. The molecule has 2 aromatic carbocycles. The fourth-order valence-electron chi connectivity index (χ4n) is 3.13. The first kappa shape index (κ1) is 20.1. The SMILES string of the molecule is C=C(C)COc1cc(C(=O)OC)cc2c1C(=O)c1cc(OC)cc(OC)c1C2=O. The van der Waals surface area contributed by atoms with E-state index in [1.54, 1.807) is 6.92 Å². The second-order valence-electron chi connectivity index (χ2n) is 6.54. The molecular weight excluding hydrogens is 376 g/mol. The van der Waals surface area contributed by atoms with Gasteiger partial charge in [-0.1, -0.05) is 6.58 Å². The first-order valence-corrected chi connectivity index (χ1v) is 8.71. The largest absolute Gasteiger partial charge is 0.497 e. The first-order valence-electron chi connectivity index (χ1n) is 8.71. The maximum absolute atomic E-state index is 13.3. The van der Waals surface area contributed by atoms with Gasteiger partial charge in [-0.05, 0) is 30.7 Å². The maximum atomic E-state index is 13.3. The zero-order valence-electron chi connectivity index (χ0n) is 16.6. The van der Waals surface area contributed by atoms with Crippen molar-refractivity contribution in [3.05, 3.63) is 64.2 Å². The van der Waals surface area contributed by atoms with Gasteiger partial charge < -0.3 is 18.9 Å². The molecule has 1 aliphatic rings. The highest BCUT2D eigenvalue weighted by Crippen LogP contribution is 2.40. The second-order valence-corrected chi connectivity index (χ2v) is 6.54. The van der Waals surface area contributed by atoms with E-state index in [-0.39, 0.29) is 45.9 Å². The Morgan fingerprint density at radius 3 is 2.07 bits per heavy atom. The van der Waals surface area contributed by atoms with Gasteiger partial charge in [0.05, 0.1) is 38.0 Å². The van der Waals surface area contributed by atoms with Crippen LogP contribution in [0.25, 0.3) is 0 Å². The van der Waals surface area contributed by atoms with Gasteiger partial charge in [-0.2, -0.15) is 0 Å². The minimum absolute atomic E-state index is 0.0468. The van der Waals surface area contributed by atoms with Crippen molar-refractivity contribution >= 4 is 17.5 Å². The van der Waals surface area contributed by atoms with Crippen LogP contribution < -0.4 is 14.2 Å². The molecule has 0 saturated heterocycles. The highest BCUT2D eigenvalue weighted by Gasteiger charge is 2.36. The lowest BCUT2D eigenvalue weighted by atomic mass is 9.82. The number of benzene rings is 2. The van der Waals surface area contributed by atoms with Gasteiger partial charge in [0.2, 0.25) is 0 Å². The van der Waals surface area contributed by atoms with Gasteiger partial charge in [-0.25, -0.2) is 4.79 Å². The van der Waals surface area contributed by atoms with Crippen LogP contribution >= 0.6 is 0 Å². The number of methoxy groups -OCH3 is 3. The van der Waals surface area contributed by atoms with Crippen molar-refractivity contribution in [2.24, 2.45) is 0 Å². The van der Waals surface area contributed by atoms with Crippen LogP contribution in [0.15, 0.2) is 36.4 Å². The average Bonchev–Trinajstić information content (AvgIpc) is 2.73. The molecule has 0 bridgehead atoms. The van der Waals surface area contributed by atoms with Crippen LogP contribution in [0.1, 0.15) is 49.1 Å². The van der Waals surface area contributed by atoms with Crippen LogP contribution in [0.3, 0.4) is 0 Å². The van der Waals surface area contributed by atoms with Crippen LogP contribution in [0, 0.1) is 0 Å². The second kappa shape index (κ2) is 7.79. The molecule has 0 aliphatic heterocycles. The number of hydrogen-bond donors (Lipinski definition) is 0. The normalized spacial score (nSPS) is 12.0. The van der Waals surface area contributed by atoms with Crippen molar-refractivity contribution in [2.75, 3.05) is 27.9 Å². The van der Waals surface area contributed by atoms with Crippen molar-refractivity contribution in [1.82, 2.24) is 0 Å². The van der Waals surface area contributed by atoms with Gasteiger partial charge >= 0.3 is 5.97 Å². The van der Waals surface area contributed by atoms with Gasteiger partial charge in [0, 0.05) is 17.2 Å². The summed E-state index contributed by atoms with van der Waals surface area (Å²) in [7, 11) is 4.08. The monoisotopic (exact) mass is 396 g/mol. The van der Waals surface area contributed by atoms with E-state index in [0.717, 1.165) is 0 Å². The van der Waals surface area contributed by atoms with Crippen LogP contribution in [0.5, 0.6) is 17.2 Å². The number of carbonyl (C=O) groups excluding carboxylic acids is 3. The Balaban J connectivity index is 2.28. The van der Waals surface area contributed by atoms with Crippen molar-refractivity contribution in [3.8, 4) is 17.2 Å². The smallest absolute Gasteiger partial charge is 0.338 e. The maximum Gasteiger partial charge on any atom is 0.338 e. The highest BCUT2D eigenvalue weighted by molar-refractivity contribution is 6.30. The van der Waals surface area contributed by atoms with Crippen molar-refractivity contribution in [3.63, 3.8) is 0 Å². The molecule has 0 amide bonds. The summed E-state index contributed by atoms with van der Waals surface area (Å²) in [4.78, 5) is 38.7. The van der Waals surface area contributed by atoms with Gasteiger partial charge in [-0.15, -0.1) is 0 Å². The Labute approximate surface area is 167 Å². The number of fused-ring (bicyclic) bond motifs is 2. The lowest BCUT2D eigenvalue weighted by molar-refractivity contribution is 0.0600. The molecule has 0 aromatic heterocycles. The number of esters is 1. The zero-order chi connectivity index (χ0) is 21.3. The van der Waals surface area contributed by atoms with Gasteiger partial charge in [0.15, 0.2) is 11.6 Å². The number of ketones is 2. The molecule has 0 saturated carbocycles. The lowest BCUT2D eigenvalue weighted by Crippen LogP contribution is -2.24. The number of ether oxygens (including phenoxy) is 4. The number of carbonyl (C=O) groups is 3. The summed E-state index contributed by atoms with van der Waals surface area (Å²) < 4.78 is 21.0. The molecule has 3 rings (SSSR count). The molecular formula is C22H20O7. The molecule has 7 nitrogen and oxygen atoms in total. The minimum Gasteiger partial charge on any atom is -0.497 e. The molecule has 150 valence electrons. The third-order valence-corrected chi connectivity index (χ3v) is 4.47. The molecule has 0 atom stereocenters. The topological polar surface area (TPSA) is 88.1 Å². The predicted octanol–water partition coefficient (Wildman–Crippen LogP) is 3.22. The van der Waals surface area contributed by atoms with Gasteiger partial charge in [0.25, 0.3) is 0 Å². The Bertz CT molecular complexity index is 1050.